The van der Waals surface area contributed by atoms with E-state index >= 15 is 0 Å². The minimum Gasteiger partial charge on any atom is -0.355 e. The monoisotopic (exact) mass is 372 g/mol. The lowest BCUT2D eigenvalue weighted by atomic mass is 10.1. The zero-order chi connectivity index (χ0) is 15.4. The molecule has 1 unspecified atom stereocenters. The van der Waals surface area contributed by atoms with E-state index in [4.69, 9.17) is 4.52 Å². The molecule has 1 aliphatic rings. The molecule has 2 aromatic heterocycles. The van der Waals surface area contributed by atoms with Crippen molar-refractivity contribution < 1.29 is 9.32 Å². The predicted molar refractivity (Wildman–Crippen MR) is 96.8 cm³/mol. The maximum Gasteiger partial charge on any atom is 0.276 e. The lowest BCUT2D eigenvalue weighted by Gasteiger charge is -2.27. The summed E-state index contributed by atoms with van der Waals surface area (Å²) in [6, 6.07) is 5.65. The largest absolute Gasteiger partial charge is 0.355 e. The quantitative estimate of drug-likeness (QED) is 0.873. The van der Waals surface area contributed by atoms with E-state index in [1.165, 1.54) is 0 Å². The highest BCUT2D eigenvalue weighted by atomic mass is 35.5. The minimum atomic E-state index is -0.0607. The van der Waals surface area contributed by atoms with Crippen molar-refractivity contribution in [1.29, 1.82) is 0 Å². The Morgan fingerprint density at radius 1 is 1.46 bits per heavy atom. The predicted octanol–water partition coefficient (Wildman–Crippen LogP) is 2.79. The van der Waals surface area contributed by atoms with E-state index in [0.717, 1.165) is 38.0 Å². The molecule has 6 nitrogen and oxygen atoms in total. The van der Waals surface area contributed by atoms with Gasteiger partial charge in [-0.2, -0.15) is 0 Å². The normalized spacial score (nSPS) is 16.1. The van der Waals surface area contributed by atoms with Crippen LogP contribution < -0.4 is 5.32 Å². The van der Waals surface area contributed by atoms with Crippen molar-refractivity contribution in [1.82, 2.24) is 20.4 Å². The summed E-state index contributed by atoms with van der Waals surface area (Å²) in [5, 5.41) is 7.26. The van der Waals surface area contributed by atoms with Crippen molar-refractivity contribution in [2.75, 3.05) is 19.6 Å². The second-order valence-corrected chi connectivity index (χ2v) is 5.46. The Hall–Kier alpha value is -1.63. The van der Waals surface area contributed by atoms with Crippen molar-refractivity contribution in [2.45, 2.75) is 25.8 Å². The van der Waals surface area contributed by atoms with Gasteiger partial charge in [-0.25, -0.2) is 0 Å². The van der Waals surface area contributed by atoms with Gasteiger partial charge in [-0.15, -0.1) is 24.8 Å². The third-order valence-electron chi connectivity index (χ3n) is 3.88. The van der Waals surface area contributed by atoms with Gasteiger partial charge in [0.25, 0.3) is 5.91 Å². The van der Waals surface area contributed by atoms with Crippen LogP contribution >= 0.6 is 24.8 Å². The molecule has 2 aromatic rings. The van der Waals surface area contributed by atoms with Gasteiger partial charge < -0.3 is 14.7 Å². The number of halogens is 2. The molecule has 3 rings (SSSR count). The third-order valence-corrected chi connectivity index (χ3v) is 3.88. The molecule has 0 radical (unpaired) electrons. The van der Waals surface area contributed by atoms with E-state index < -0.39 is 0 Å². The molecule has 132 valence electrons. The lowest BCUT2D eigenvalue weighted by molar-refractivity contribution is 0.0681. The van der Waals surface area contributed by atoms with Gasteiger partial charge in [0.2, 0.25) is 0 Å². The molecule has 0 aliphatic carbocycles. The van der Waals surface area contributed by atoms with Gasteiger partial charge in [-0.3, -0.25) is 9.78 Å². The number of hydrogen-bond donors (Lipinski definition) is 1. The summed E-state index contributed by atoms with van der Waals surface area (Å²) in [5.74, 6) is 0.506. The smallest absolute Gasteiger partial charge is 0.276 e. The number of carbonyl (C=O) groups excluding carboxylic acids is 1. The number of aromatic nitrogens is 2. The summed E-state index contributed by atoms with van der Waals surface area (Å²) >= 11 is 0. The molecule has 1 aliphatic heterocycles. The maximum atomic E-state index is 12.7. The maximum absolute atomic E-state index is 12.7. The fourth-order valence-corrected chi connectivity index (χ4v) is 2.76. The van der Waals surface area contributed by atoms with Crippen LogP contribution in [0.15, 0.2) is 35.1 Å². The lowest BCUT2D eigenvalue weighted by Crippen LogP contribution is -2.42. The molecule has 8 heteroatoms. The average molecular weight is 373 g/mol. The van der Waals surface area contributed by atoms with Crippen LogP contribution in [0.3, 0.4) is 0 Å². The van der Waals surface area contributed by atoms with Crippen molar-refractivity contribution in [3.8, 4) is 11.3 Å². The van der Waals surface area contributed by atoms with Gasteiger partial charge in [-0.1, -0.05) is 12.1 Å². The van der Waals surface area contributed by atoms with Crippen molar-refractivity contribution >= 4 is 30.7 Å². The highest BCUT2D eigenvalue weighted by Crippen LogP contribution is 2.21. The van der Waals surface area contributed by atoms with Crippen LogP contribution in [-0.4, -0.2) is 46.6 Å². The fraction of sp³-hybridized carbons (Fsp3) is 0.438. The molecule has 1 amide bonds. The zero-order valence-corrected chi connectivity index (χ0v) is 15.1. The molecule has 3 heterocycles. The topological polar surface area (TPSA) is 71.3 Å². The number of hydrogen-bond acceptors (Lipinski definition) is 5. The summed E-state index contributed by atoms with van der Waals surface area (Å²) in [6.45, 7) is 4.61. The molecule has 0 spiro atoms. The van der Waals surface area contributed by atoms with Crippen LogP contribution in [-0.2, 0) is 0 Å². The number of rotatable bonds is 5. The van der Waals surface area contributed by atoms with Crippen LogP contribution in [0.2, 0.25) is 0 Å². The number of carbonyl (C=O) groups is 1. The fourth-order valence-electron chi connectivity index (χ4n) is 2.76. The molecule has 1 fully saturated rings. The van der Waals surface area contributed by atoms with E-state index in [1.807, 2.05) is 17.0 Å². The summed E-state index contributed by atoms with van der Waals surface area (Å²) in [5.41, 5.74) is 1.18. The molecule has 0 aromatic carbocycles. The number of nitrogens with one attached hydrogen (secondary N) is 1. The Balaban J connectivity index is 0.00000144. The summed E-state index contributed by atoms with van der Waals surface area (Å²) in [6.07, 6.45) is 5.30. The second-order valence-electron chi connectivity index (χ2n) is 5.46. The Bertz CT molecular complexity index is 630. The Kier molecular flexibility index (Phi) is 8.18. The standard InChI is InChI=1S/C16H20N4O2.2ClH/c1-2-8-20(13-5-7-18-11-13)16(21)14-9-15(22-19-14)12-4-3-6-17-10-12;;/h3-4,6,9-10,13,18H,2,5,7-8,11H2,1H3;2*1H. The Morgan fingerprint density at radius 2 is 2.29 bits per heavy atom. The van der Waals surface area contributed by atoms with E-state index in [0.29, 0.717) is 11.5 Å². The van der Waals surface area contributed by atoms with Crippen LogP contribution in [0, 0.1) is 0 Å². The third kappa shape index (κ3) is 4.47. The van der Waals surface area contributed by atoms with Crippen molar-refractivity contribution in [3.05, 3.63) is 36.3 Å². The molecular weight excluding hydrogens is 351 g/mol. The molecule has 0 saturated carbocycles. The first-order valence-electron chi connectivity index (χ1n) is 7.68. The summed E-state index contributed by atoms with van der Waals surface area (Å²) < 4.78 is 5.31. The van der Waals surface area contributed by atoms with Crippen LogP contribution in [0.1, 0.15) is 30.3 Å². The van der Waals surface area contributed by atoms with Crippen LogP contribution in [0.5, 0.6) is 0 Å². The van der Waals surface area contributed by atoms with Gasteiger partial charge in [0, 0.05) is 43.2 Å². The van der Waals surface area contributed by atoms with Gasteiger partial charge in [0.15, 0.2) is 11.5 Å². The number of amides is 1. The van der Waals surface area contributed by atoms with E-state index in [1.54, 1.807) is 18.5 Å². The Morgan fingerprint density at radius 3 is 2.92 bits per heavy atom. The van der Waals surface area contributed by atoms with Crippen molar-refractivity contribution in [2.24, 2.45) is 0 Å². The number of pyridine rings is 1. The molecule has 1 saturated heterocycles. The first-order valence-corrected chi connectivity index (χ1v) is 7.68. The summed E-state index contributed by atoms with van der Waals surface area (Å²) in [7, 11) is 0. The van der Waals surface area contributed by atoms with Gasteiger partial charge in [-0.05, 0) is 31.5 Å². The molecule has 24 heavy (non-hydrogen) atoms. The van der Waals surface area contributed by atoms with Crippen LogP contribution in [0.25, 0.3) is 11.3 Å². The number of nitrogens with zero attached hydrogens (tertiary/aromatic N) is 3. The van der Waals surface area contributed by atoms with E-state index in [9.17, 15) is 4.79 Å². The highest BCUT2D eigenvalue weighted by Gasteiger charge is 2.28. The zero-order valence-electron chi connectivity index (χ0n) is 13.5. The molecule has 0 bridgehead atoms. The minimum absolute atomic E-state index is 0. The first-order chi connectivity index (χ1) is 10.8. The second kappa shape index (κ2) is 9.61. The van der Waals surface area contributed by atoms with E-state index in [-0.39, 0.29) is 36.8 Å². The SMILES string of the molecule is CCCN(C(=O)c1cc(-c2cccnc2)on1)C1CCNC1.Cl.Cl. The highest BCUT2D eigenvalue weighted by molar-refractivity contribution is 5.93. The van der Waals surface area contributed by atoms with Crippen LogP contribution in [0.4, 0.5) is 0 Å². The van der Waals surface area contributed by atoms with Gasteiger partial charge in [0.05, 0.1) is 0 Å². The van der Waals surface area contributed by atoms with Gasteiger partial charge >= 0.3 is 0 Å². The average Bonchev–Trinajstić information content (AvgIpc) is 3.24. The van der Waals surface area contributed by atoms with E-state index in [2.05, 4.69) is 22.4 Å². The van der Waals surface area contributed by atoms with Crippen molar-refractivity contribution in [3.63, 3.8) is 0 Å². The summed E-state index contributed by atoms with van der Waals surface area (Å²) in [4.78, 5) is 18.7. The van der Waals surface area contributed by atoms with Gasteiger partial charge in [0.1, 0.15) is 0 Å². The molecule has 1 atom stereocenters. The molecular formula is C16H22Cl2N4O2. The molecule has 1 N–H and O–H groups in total. The first kappa shape index (κ1) is 20.4. The Labute approximate surface area is 153 Å².